The lowest BCUT2D eigenvalue weighted by Crippen LogP contribution is -2.22. The van der Waals surface area contributed by atoms with Gasteiger partial charge in [-0.3, -0.25) is 0 Å². The molecule has 21 heavy (non-hydrogen) atoms. The van der Waals surface area contributed by atoms with Crippen molar-refractivity contribution in [2.45, 2.75) is 12.8 Å². The highest BCUT2D eigenvalue weighted by Gasteiger charge is 2.14. The Kier molecular flexibility index (Phi) is 4.22. The SMILES string of the molecule is CN(CCc1cccs1)c1nc2ccccn2c1CCN. The van der Waals surface area contributed by atoms with E-state index in [1.54, 1.807) is 0 Å². The average molecular weight is 300 g/mol. The summed E-state index contributed by atoms with van der Waals surface area (Å²) in [6.07, 6.45) is 3.94. The van der Waals surface area contributed by atoms with Gasteiger partial charge in [-0.2, -0.15) is 0 Å². The molecule has 3 aromatic rings. The third-order valence-corrected chi connectivity index (χ3v) is 4.56. The first kappa shape index (κ1) is 14.1. The van der Waals surface area contributed by atoms with Crippen LogP contribution in [0.25, 0.3) is 5.65 Å². The Morgan fingerprint density at radius 3 is 2.90 bits per heavy atom. The standard InChI is InChI=1S/C16H20N4S/c1-19(11-8-13-5-4-12-21-13)16-14(7-9-17)20-10-3-2-6-15(20)18-16/h2-6,10,12H,7-9,11,17H2,1H3. The van der Waals surface area contributed by atoms with Gasteiger partial charge in [0, 0.05) is 31.1 Å². The van der Waals surface area contributed by atoms with Crippen LogP contribution < -0.4 is 10.6 Å². The lowest BCUT2D eigenvalue weighted by atomic mass is 10.2. The summed E-state index contributed by atoms with van der Waals surface area (Å²) in [6, 6.07) is 10.4. The van der Waals surface area contributed by atoms with Crippen molar-refractivity contribution in [1.82, 2.24) is 9.38 Å². The fourth-order valence-electron chi connectivity index (χ4n) is 2.55. The molecule has 3 aromatic heterocycles. The van der Waals surface area contributed by atoms with E-state index < -0.39 is 0 Å². The fourth-order valence-corrected chi connectivity index (χ4v) is 3.25. The van der Waals surface area contributed by atoms with E-state index in [9.17, 15) is 0 Å². The maximum atomic E-state index is 5.77. The Hall–Kier alpha value is -1.85. The summed E-state index contributed by atoms with van der Waals surface area (Å²) in [7, 11) is 2.11. The second-order valence-electron chi connectivity index (χ2n) is 5.10. The highest BCUT2D eigenvalue weighted by atomic mass is 32.1. The van der Waals surface area contributed by atoms with E-state index in [0.29, 0.717) is 6.54 Å². The van der Waals surface area contributed by atoms with Crippen LogP contribution in [0.4, 0.5) is 5.82 Å². The molecule has 0 fully saturated rings. The van der Waals surface area contributed by atoms with Crippen molar-refractivity contribution in [3.05, 3.63) is 52.5 Å². The molecule has 0 aromatic carbocycles. The van der Waals surface area contributed by atoms with Crippen molar-refractivity contribution >= 4 is 22.8 Å². The van der Waals surface area contributed by atoms with Crippen LogP contribution in [0.5, 0.6) is 0 Å². The number of pyridine rings is 1. The molecule has 4 nitrogen and oxygen atoms in total. The summed E-state index contributed by atoms with van der Waals surface area (Å²) in [5.41, 5.74) is 7.95. The fraction of sp³-hybridized carbons (Fsp3) is 0.312. The van der Waals surface area contributed by atoms with Crippen LogP contribution >= 0.6 is 11.3 Å². The lowest BCUT2D eigenvalue weighted by molar-refractivity contribution is 0.843. The molecule has 0 unspecified atom stereocenters. The Bertz CT molecular complexity index is 702. The van der Waals surface area contributed by atoms with Gasteiger partial charge in [-0.1, -0.05) is 12.1 Å². The number of likely N-dealkylation sites (N-methyl/N-ethyl adjacent to an activating group) is 1. The Labute approximate surface area is 128 Å². The minimum Gasteiger partial charge on any atom is -0.358 e. The van der Waals surface area contributed by atoms with Crippen LogP contribution in [-0.4, -0.2) is 29.5 Å². The molecule has 0 saturated heterocycles. The van der Waals surface area contributed by atoms with Gasteiger partial charge in [-0.15, -0.1) is 11.3 Å². The van der Waals surface area contributed by atoms with Crippen LogP contribution in [0, 0.1) is 0 Å². The number of hydrogen-bond acceptors (Lipinski definition) is 4. The highest BCUT2D eigenvalue weighted by Crippen LogP contribution is 2.22. The molecule has 5 heteroatoms. The van der Waals surface area contributed by atoms with E-state index in [1.165, 1.54) is 10.6 Å². The molecule has 110 valence electrons. The second-order valence-corrected chi connectivity index (χ2v) is 6.13. The summed E-state index contributed by atoms with van der Waals surface area (Å²) in [6.45, 7) is 1.59. The molecule has 3 heterocycles. The van der Waals surface area contributed by atoms with Gasteiger partial charge in [-0.25, -0.2) is 4.98 Å². The molecular weight excluding hydrogens is 280 g/mol. The normalized spacial score (nSPS) is 11.1. The molecule has 0 radical (unpaired) electrons. The van der Waals surface area contributed by atoms with Gasteiger partial charge in [-0.05, 0) is 36.5 Å². The number of nitrogens with two attached hydrogens (primary N) is 1. The summed E-state index contributed by atoms with van der Waals surface area (Å²) in [4.78, 5) is 8.41. The summed E-state index contributed by atoms with van der Waals surface area (Å²) < 4.78 is 2.14. The first-order valence-electron chi connectivity index (χ1n) is 7.19. The third-order valence-electron chi connectivity index (χ3n) is 3.62. The number of anilines is 1. The van der Waals surface area contributed by atoms with Gasteiger partial charge in [0.25, 0.3) is 0 Å². The minimum atomic E-state index is 0.633. The molecule has 0 amide bonds. The van der Waals surface area contributed by atoms with Crippen LogP contribution in [-0.2, 0) is 12.8 Å². The summed E-state index contributed by atoms with van der Waals surface area (Å²) in [5, 5.41) is 2.13. The maximum absolute atomic E-state index is 5.77. The molecule has 3 rings (SSSR count). The van der Waals surface area contributed by atoms with Gasteiger partial charge in [0.1, 0.15) is 5.65 Å². The Morgan fingerprint density at radius 2 is 2.14 bits per heavy atom. The van der Waals surface area contributed by atoms with Gasteiger partial charge in [0.15, 0.2) is 5.82 Å². The van der Waals surface area contributed by atoms with E-state index in [0.717, 1.165) is 30.9 Å². The first-order chi connectivity index (χ1) is 10.3. The predicted molar refractivity (Wildman–Crippen MR) is 89.2 cm³/mol. The first-order valence-corrected chi connectivity index (χ1v) is 8.07. The topological polar surface area (TPSA) is 46.6 Å². The van der Waals surface area contributed by atoms with Crippen LogP contribution in [0.3, 0.4) is 0 Å². The zero-order valence-corrected chi connectivity index (χ0v) is 13.0. The lowest BCUT2D eigenvalue weighted by Gasteiger charge is -2.18. The number of fused-ring (bicyclic) bond motifs is 1. The van der Waals surface area contributed by atoms with Crippen LogP contribution in [0.15, 0.2) is 41.9 Å². The quantitative estimate of drug-likeness (QED) is 0.761. The molecule has 0 bridgehead atoms. The summed E-state index contributed by atoms with van der Waals surface area (Å²) in [5.74, 6) is 1.04. The molecule has 0 aliphatic rings. The number of hydrogen-bond donors (Lipinski definition) is 1. The third kappa shape index (κ3) is 2.94. The minimum absolute atomic E-state index is 0.633. The van der Waals surface area contributed by atoms with Gasteiger partial charge in [0.2, 0.25) is 0 Å². The molecule has 0 atom stereocenters. The second kappa shape index (κ2) is 6.28. The smallest absolute Gasteiger partial charge is 0.150 e. The summed E-state index contributed by atoms with van der Waals surface area (Å²) >= 11 is 1.81. The van der Waals surface area contributed by atoms with E-state index in [1.807, 2.05) is 29.5 Å². The van der Waals surface area contributed by atoms with Gasteiger partial charge >= 0.3 is 0 Å². The van der Waals surface area contributed by atoms with E-state index in [-0.39, 0.29) is 0 Å². The van der Waals surface area contributed by atoms with E-state index in [4.69, 9.17) is 10.7 Å². The zero-order chi connectivity index (χ0) is 14.7. The van der Waals surface area contributed by atoms with Crippen molar-refractivity contribution in [3.63, 3.8) is 0 Å². The Balaban J connectivity index is 1.85. The van der Waals surface area contributed by atoms with Crippen LogP contribution in [0.2, 0.25) is 0 Å². The number of nitrogens with zero attached hydrogens (tertiary/aromatic N) is 3. The predicted octanol–water partition coefficient (Wildman–Crippen LogP) is 2.58. The number of rotatable bonds is 6. The van der Waals surface area contributed by atoms with Crippen molar-refractivity contribution in [2.24, 2.45) is 5.73 Å². The van der Waals surface area contributed by atoms with E-state index >= 15 is 0 Å². The molecule has 2 N–H and O–H groups in total. The van der Waals surface area contributed by atoms with Crippen molar-refractivity contribution in [3.8, 4) is 0 Å². The van der Waals surface area contributed by atoms with E-state index in [2.05, 4.69) is 40.1 Å². The average Bonchev–Trinajstić information content (AvgIpc) is 3.13. The molecule has 0 saturated carbocycles. The molecule has 0 aliphatic heterocycles. The van der Waals surface area contributed by atoms with Crippen molar-refractivity contribution in [2.75, 3.05) is 25.0 Å². The van der Waals surface area contributed by atoms with Crippen molar-refractivity contribution in [1.29, 1.82) is 0 Å². The van der Waals surface area contributed by atoms with Crippen LogP contribution in [0.1, 0.15) is 10.6 Å². The Morgan fingerprint density at radius 1 is 1.24 bits per heavy atom. The van der Waals surface area contributed by atoms with Gasteiger partial charge < -0.3 is 15.0 Å². The van der Waals surface area contributed by atoms with Crippen molar-refractivity contribution < 1.29 is 0 Å². The van der Waals surface area contributed by atoms with Gasteiger partial charge in [0.05, 0.1) is 5.69 Å². The maximum Gasteiger partial charge on any atom is 0.150 e. The number of aromatic nitrogens is 2. The monoisotopic (exact) mass is 300 g/mol. The number of imidazole rings is 1. The highest BCUT2D eigenvalue weighted by molar-refractivity contribution is 7.09. The molecule has 0 spiro atoms. The number of thiophene rings is 1. The molecule has 0 aliphatic carbocycles. The largest absolute Gasteiger partial charge is 0.358 e. The zero-order valence-electron chi connectivity index (χ0n) is 12.2. The molecular formula is C16H20N4S.